The van der Waals surface area contributed by atoms with Crippen molar-refractivity contribution in [3.8, 4) is 5.69 Å². The maximum absolute atomic E-state index is 12.2. The Morgan fingerprint density at radius 3 is 2.65 bits per heavy atom. The Balaban J connectivity index is 1.67. The van der Waals surface area contributed by atoms with E-state index in [2.05, 4.69) is 15.7 Å². The first kappa shape index (κ1) is 15.6. The normalized spacial score (nSPS) is 16.8. The van der Waals surface area contributed by atoms with Gasteiger partial charge in [0.05, 0.1) is 5.69 Å². The summed E-state index contributed by atoms with van der Waals surface area (Å²) in [4.78, 5) is 12.2. The van der Waals surface area contributed by atoms with Crippen LogP contribution in [0.1, 0.15) is 25.5 Å². The zero-order chi connectivity index (χ0) is 16.3. The maximum Gasteiger partial charge on any atom is 0.320 e. The number of ether oxygens (including phenoxy) is 1. The first-order valence-electron chi connectivity index (χ1n) is 7.85. The average Bonchev–Trinajstić information content (AvgIpc) is 2.88. The van der Waals surface area contributed by atoms with Crippen molar-refractivity contribution in [3.05, 3.63) is 42.1 Å². The molecule has 23 heavy (non-hydrogen) atoms. The summed E-state index contributed by atoms with van der Waals surface area (Å²) in [5.74, 6) is 0.541. The van der Waals surface area contributed by atoms with E-state index >= 15 is 0 Å². The van der Waals surface area contributed by atoms with E-state index in [9.17, 15) is 4.79 Å². The molecule has 1 aliphatic rings. The van der Waals surface area contributed by atoms with Gasteiger partial charge >= 0.3 is 6.03 Å². The fourth-order valence-corrected chi connectivity index (χ4v) is 2.73. The van der Waals surface area contributed by atoms with E-state index in [0.717, 1.165) is 24.2 Å². The van der Waals surface area contributed by atoms with Crippen molar-refractivity contribution in [3.63, 3.8) is 0 Å². The van der Waals surface area contributed by atoms with E-state index in [1.165, 1.54) is 0 Å². The molecule has 1 aromatic carbocycles. The molecule has 1 aromatic heterocycles. The molecule has 0 radical (unpaired) electrons. The third kappa shape index (κ3) is 3.71. The second-order valence-corrected chi connectivity index (χ2v) is 6.17. The number of nitrogens with one attached hydrogen (secondary N) is 2. The number of carbonyl (C=O) groups excluding carboxylic acids is 1. The summed E-state index contributed by atoms with van der Waals surface area (Å²) >= 11 is 0. The number of para-hydroxylation sites is 1. The summed E-state index contributed by atoms with van der Waals surface area (Å²) in [6, 6.07) is 11.5. The van der Waals surface area contributed by atoms with Crippen LogP contribution in [-0.2, 0) is 4.74 Å². The molecule has 0 saturated carbocycles. The Labute approximate surface area is 135 Å². The highest BCUT2D eigenvalue weighted by molar-refractivity contribution is 5.88. The van der Waals surface area contributed by atoms with Gasteiger partial charge in [-0.3, -0.25) is 5.32 Å². The van der Waals surface area contributed by atoms with Crippen LogP contribution in [0.4, 0.5) is 10.6 Å². The lowest BCUT2D eigenvalue weighted by Crippen LogP contribution is -2.51. The molecule has 2 N–H and O–H groups in total. The predicted octanol–water partition coefficient (Wildman–Crippen LogP) is 2.87. The van der Waals surface area contributed by atoms with Crippen molar-refractivity contribution in [1.29, 1.82) is 0 Å². The molecule has 0 bridgehead atoms. The van der Waals surface area contributed by atoms with Gasteiger partial charge in [0.15, 0.2) is 5.82 Å². The smallest absolute Gasteiger partial charge is 0.320 e. The third-order valence-corrected chi connectivity index (χ3v) is 4.14. The van der Waals surface area contributed by atoms with Gasteiger partial charge in [-0.2, -0.15) is 0 Å². The van der Waals surface area contributed by atoms with Gasteiger partial charge in [-0.1, -0.05) is 18.2 Å². The minimum absolute atomic E-state index is 0.223. The molecule has 6 nitrogen and oxygen atoms in total. The summed E-state index contributed by atoms with van der Waals surface area (Å²) in [5, 5.41) is 10.3. The summed E-state index contributed by atoms with van der Waals surface area (Å²) in [5.41, 5.74) is 1.71. The summed E-state index contributed by atoms with van der Waals surface area (Å²) in [7, 11) is 0. The van der Waals surface area contributed by atoms with Gasteiger partial charge in [0.1, 0.15) is 0 Å². The van der Waals surface area contributed by atoms with Crippen molar-refractivity contribution >= 4 is 11.8 Å². The quantitative estimate of drug-likeness (QED) is 0.915. The molecule has 1 aliphatic heterocycles. The monoisotopic (exact) mass is 314 g/mol. The topological polar surface area (TPSA) is 68.2 Å². The Kier molecular flexibility index (Phi) is 4.34. The lowest BCUT2D eigenvalue weighted by molar-refractivity contribution is 0.0499. The van der Waals surface area contributed by atoms with Crippen molar-refractivity contribution in [2.75, 3.05) is 18.5 Å². The van der Waals surface area contributed by atoms with Gasteiger partial charge in [0.25, 0.3) is 0 Å². The van der Waals surface area contributed by atoms with Gasteiger partial charge in [0, 0.05) is 30.5 Å². The highest BCUT2D eigenvalue weighted by Crippen LogP contribution is 2.20. The van der Waals surface area contributed by atoms with Crippen molar-refractivity contribution in [2.24, 2.45) is 0 Å². The molecule has 2 heterocycles. The molecule has 0 spiro atoms. The molecule has 122 valence electrons. The second-order valence-electron chi connectivity index (χ2n) is 6.17. The molecule has 0 aliphatic carbocycles. The number of anilines is 1. The number of carbonyl (C=O) groups is 1. The highest BCUT2D eigenvalue weighted by Gasteiger charge is 2.29. The van der Waals surface area contributed by atoms with Crippen LogP contribution in [0.25, 0.3) is 5.69 Å². The molecule has 6 heteroatoms. The second kappa shape index (κ2) is 6.42. The number of nitrogens with zero attached hydrogens (tertiary/aromatic N) is 2. The number of hydrogen-bond acceptors (Lipinski definition) is 3. The minimum atomic E-state index is -0.230. The van der Waals surface area contributed by atoms with Crippen LogP contribution >= 0.6 is 0 Å². The Bertz CT molecular complexity index is 675. The van der Waals surface area contributed by atoms with Crippen LogP contribution in [0, 0.1) is 6.92 Å². The number of amides is 2. The number of benzene rings is 1. The van der Waals surface area contributed by atoms with Crippen LogP contribution in [0.2, 0.25) is 0 Å². The largest absolute Gasteiger partial charge is 0.381 e. The fraction of sp³-hybridized carbons (Fsp3) is 0.412. The number of aryl methyl sites for hydroxylation is 1. The molecule has 0 unspecified atom stereocenters. The molecule has 1 fully saturated rings. The summed E-state index contributed by atoms with van der Waals surface area (Å²) in [6.07, 6.45) is 1.63. The zero-order valence-electron chi connectivity index (χ0n) is 13.5. The number of urea groups is 1. The first-order valence-corrected chi connectivity index (χ1v) is 7.85. The first-order chi connectivity index (χ1) is 11.1. The molecular formula is C17H22N4O2. The summed E-state index contributed by atoms with van der Waals surface area (Å²) in [6.45, 7) is 5.36. The molecule has 2 aromatic rings. The number of aromatic nitrogens is 2. The van der Waals surface area contributed by atoms with Gasteiger partial charge in [0.2, 0.25) is 0 Å². The summed E-state index contributed by atoms with van der Waals surface area (Å²) < 4.78 is 7.16. The molecule has 2 amide bonds. The Morgan fingerprint density at radius 1 is 1.26 bits per heavy atom. The SMILES string of the molecule is Cc1cc(NC(=O)NC2(C)CCOCC2)nn1-c1ccccc1. The van der Waals surface area contributed by atoms with Crippen LogP contribution in [0.15, 0.2) is 36.4 Å². The standard InChI is InChI=1S/C17H22N4O2/c1-13-12-15(20-21(13)14-6-4-3-5-7-14)18-16(22)19-17(2)8-10-23-11-9-17/h3-7,12H,8-11H2,1-2H3,(H2,18,19,20,22). The van der Waals surface area contributed by atoms with Gasteiger partial charge in [-0.05, 0) is 38.8 Å². The lowest BCUT2D eigenvalue weighted by atomic mass is 9.93. The van der Waals surface area contributed by atoms with Crippen LogP contribution in [0.3, 0.4) is 0 Å². The van der Waals surface area contributed by atoms with E-state index in [0.29, 0.717) is 19.0 Å². The Morgan fingerprint density at radius 2 is 1.96 bits per heavy atom. The van der Waals surface area contributed by atoms with Gasteiger partial charge in [-0.25, -0.2) is 9.48 Å². The van der Waals surface area contributed by atoms with E-state index in [1.54, 1.807) is 0 Å². The zero-order valence-corrected chi connectivity index (χ0v) is 13.5. The lowest BCUT2D eigenvalue weighted by Gasteiger charge is -2.34. The molecular weight excluding hydrogens is 292 g/mol. The van der Waals surface area contributed by atoms with Gasteiger partial charge < -0.3 is 10.1 Å². The van der Waals surface area contributed by atoms with Gasteiger partial charge in [-0.15, -0.1) is 5.10 Å². The van der Waals surface area contributed by atoms with E-state index in [4.69, 9.17) is 4.74 Å². The van der Waals surface area contributed by atoms with E-state index in [-0.39, 0.29) is 11.6 Å². The number of hydrogen-bond donors (Lipinski definition) is 2. The van der Waals surface area contributed by atoms with E-state index in [1.807, 2.05) is 54.9 Å². The fourth-order valence-electron chi connectivity index (χ4n) is 2.73. The number of rotatable bonds is 3. The van der Waals surface area contributed by atoms with Crippen molar-refractivity contribution < 1.29 is 9.53 Å². The molecule has 0 atom stereocenters. The maximum atomic E-state index is 12.2. The van der Waals surface area contributed by atoms with Crippen LogP contribution in [0.5, 0.6) is 0 Å². The molecule has 1 saturated heterocycles. The van der Waals surface area contributed by atoms with Crippen LogP contribution in [-0.4, -0.2) is 34.6 Å². The van der Waals surface area contributed by atoms with E-state index < -0.39 is 0 Å². The average molecular weight is 314 g/mol. The predicted molar refractivity (Wildman–Crippen MR) is 88.9 cm³/mol. The van der Waals surface area contributed by atoms with Crippen LogP contribution < -0.4 is 10.6 Å². The van der Waals surface area contributed by atoms with Crippen molar-refractivity contribution in [1.82, 2.24) is 15.1 Å². The highest BCUT2D eigenvalue weighted by atomic mass is 16.5. The molecule has 3 rings (SSSR count). The third-order valence-electron chi connectivity index (χ3n) is 4.14. The van der Waals surface area contributed by atoms with Crippen molar-refractivity contribution in [2.45, 2.75) is 32.2 Å². The Hall–Kier alpha value is -2.34. The minimum Gasteiger partial charge on any atom is -0.381 e.